The quantitative estimate of drug-likeness (QED) is 0.0161. The summed E-state index contributed by atoms with van der Waals surface area (Å²) in [4.78, 5) is 154. The summed E-state index contributed by atoms with van der Waals surface area (Å²) in [7, 11) is 0. The average molecular weight is 1180 g/mol. The minimum atomic E-state index is -1.58. The van der Waals surface area contributed by atoms with E-state index in [1.165, 1.54) is 24.3 Å². The Morgan fingerprint density at radius 1 is 0.607 bits per heavy atom. The van der Waals surface area contributed by atoms with Crippen molar-refractivity contribution in [3.8, 4) is 5.75 Å². The predicted molar refractivity (Wildman–Crippen MR) is 308 cm³/mol. The number of phenolic OH excluding ortho intramolecular Hbond substituents is 1. The summed E-state index contributed by atoms with van der Waals surface area (Å²) >= 11 is 0. The van der Waals surface area contributed by atoms with Crippen LogP contribution in [0, 0.1) is 11.8 Å². The summed E-state index contributed by atoms with van der Waals surface area (Å²) in [6, 6.07) is 1.73. The van der Waals surface area contributed by atoms with Crippen LogP contribution >= 0.6 is 0 Å². The lowest BCUT2D eigenvalue weighted by atomic mass is 9.96. The number of nitrogens with two attached hydrogens (primary N) is 5. The van der Waals surface area contributed by atoms with Gasteiger partial charge in [0, 0.05) is 42.9 Å². The smallest absolute Gasteiger partial charge is 0.326 e. The van der Waals surface area contributed by atoms with Gasteiger partial charge in [0.25, 0.3) is 0 Å². The molecule has 0 unspecified atom stereocenters. The molecular weight excluding hydrogens is 1090 g/mol. The van der Waals surface area contributed by atoms with Crippen LogP contribution in [0.5, 0.6) is 5.75 Å². The summed E-state index contributed by atoms with van der Waals surface area (Å²) in [5, 5.41) is 50.2. The maximum absolute atomic E-state index is 14.4. The molecule has 462 valence electrons. The van der Waals surface area contributed by atoms with E-state index in [1.807, 2.05) is 24.3 Å². The number of aromatic amines is 1. The number of carboxylic acid groups (broad SMARTS) is 2. The third kappa shape index (κ3) is 23.9. The van der Waals surface area contributed by atoms with Crippen LogP contribution < -0.4 is 71.2 Å². The number of H-pyrrole nitrogens is 1. The summed E-state index contributed by atoms with van der Waals surface area (Å²) in [5.41, 5.74) is 30.5. The second-order valence-electron chi connectivity index (χ2n) is 20.7. The van der Waals surface area contributed by atoms with Crippen molar-refractivity contribution in [3.05, 3.63) is 65.9 Å². The van der Waals surface area contributed by atoms with E-state index in [2.05, 4.69) is 52.5 Å². The molecule has 3 aromatic rings. The topological polar surface area (TPSA) is 503 Å². The molecule has 1 heterocycles. The average Bonchev–Trinajstić information content (AvgIpc) is 3.91. The number of nitrogens with one attached hydrogen (secondary N) is 9. The Labute approximate surface area is 485 Å². The summed E-state index contributed by atoms with van der Waals surface area (Å²) in [6.07, 6.45) is 0.613. The van der Waals surface area contributed by atoms with E-state index >= 15 is 0 Å². The molecule has 2 aromatic carbocycles. The number of phenols is 1. The van der Waals surface area contributed by atoms with E-state index in [-0.39, 0.29) is 63.3 Å². The van der Waals surface area contributed by atoms with Crippen LogP contribution in [0.3, 0.4) is 0 Å². The van der Waals surface area contributed by atoms with E-state index in [4.69, 9.17) is 28.7 Å². The Morgan fingerprint density at radius 3 is 1.71 bits per heavy atom. The highest BCUT2D eigenvalue weighted by Crippen LogP contribution is 2.19. The molecule has 0 aliphatic rings. The van der Waals surface area contributed by atoms with Gasteiger partial charge in [-0.25, -0.2) is 4.79 Å². The zero-order chi connectivity index (χ0) is 62.6. The monoisotopic (exact) mass is 1180 g/mol. The van der Waals surface area contributed by atoms with Gasteiger partial charge in [-0.15, -0.1) is 0 Å². The molecule has 29 heteroatoms. The zero-order valence-corrected chi connectivity index (χ0v) is 47.7. The second-order valence-corrected chi connectivity index (χ2v) is 20.7. The van der Waals surface area contributed by atoms with E-state index < -0.39 is 158 Å². The number of aromatic nitrogens is 1. The van der Waals surface area contributed by atoms with E-state index in [0.29, 0.717) is 18.4 Å². The molecule has 9 amide bonds. The lowest BCUT2D eigenvalue weighted by molar-refractivity contribution is -0.142. The van der Waals surface area contributed by atoms with E-state index in [0.717, 1.165) is 16.5 Å². The van der Waals surface area contributed by atoms with Crippen LogP contribution in [0.2, 0.25) is 0 Å². The van der Waals surface area contributed by atoms with E-state index in [1.54, 1.807) is 33.9 Å². The number of carboxylic acids is 2. The Hall–Kier alpha value is -8.86. The van der Waals surface area contributed by atoms with Gasteiger partial charge < -0.3 is 91.5 Å². The fourth-order valence-corrected chi connectivity index (χ4v) is 8.68. The van der Waals surface area contributed by atoms with Crippen LogP contribution in [0.1, 0.15) is 103 Å². The van der Waals surface area contributed by atoms with E-state index in [9.17, 15) is 68.1 Å². The van der Waals surface area contributed by atoms with Crippen molar-refractivity contribution in [2.75, 3.05) is 19.6 Å². The number of hydrogen-bond donors (Lipinski definition) is 17. The fraction of sp³-hybridized carbons (Fsp3) is 0.527. The van der Waals surface area contributed by atoms with Crippen molar-refractivity contribution < 1.29 is 68.1 Å². The number of carbonyl (C=O) groups is 11. The summed E-state index contributed by atoms with van der Waals surface area (Å²) < 4.78 is 0. The molecule has 9 atom stereocenters. The first-order valence-electron chi connectivity index (χ1n) is 27.7. The van der Waals surface area contributed by atoms with Crippen molar-refractivity contribution in [1.82, 2.24) is 47.5 Å². The van der Waals surface area contributed by atoms with Crippen molar-refractivity contribution >= 4 is 82.0 Å². The number of unbranched alkanes of at least 4 members (excludes halogenated alkanes) is 1. The molecule has 22 N–H and O–H groups in total. The number of aliphatic imine (C=N–C) groups is 1. The first kappa shape index (κ1) is 69.4. The molecule has 0 aliphatic heterocycles. The SMILES string of the molecule is CC[C@H](C)[C@H](NC(=O)[C@H](CCC(N)=O)NC(=O)[C@H](CCCN=C(N)N)NC(=O)[C@H](CCCCN)NC(=O)[C@@H](NC(=O)[C@H](CCC(=O)O)NC(=O)CNC(=O)[C@@H](N)Cc1c[nH]c2ccccc12)C(C)C)C(=O)N[C@@H](Cc1ccc(O)cc1)C(=O)O. The Bertz CT molecular complexity index is 2770. The minimum absolute atomic E-state index is 0.0288. The number of aromatic hydroxyl groups is 1. The number of primary amides is 1. The molecule has 0 bridgehead atoms. The number of para-hydroxylation sites is 1. The number of nitrogens with zero attached hydrogens (tertiary/aromatic N) is 1. The highest BCUT2D eigenvalue weighted by atomic mass is 16.4. The van der Waals surface area contributed by atoms with Crippen molar-refractivity contribution in [2.45, 2.75) is 153 Å². The Morgan fingerprint density at radius 2 is 1.14 bits per heavy atom. The number of guanidine groups is 1. The number of carbonyl (C=O) groups excluding carboxylic acids is 9. The summed E-state index contributed by atoms with van der Waals surface area (Å²) in [6.45, 7) is 6.00. The third-order valence-corrected chi connectivity index (χ3v) is 13.7. The zero-order valence-electron chi connectivity index (χ0n) is 47.7. The van der Waals surface area contributed by atoms with Gasteiger partial charge in [-0.1, -0.05) is 64.4 Å². The van der Waals surface area contributed by atoms with Crippen molar-refractivity contribution in [3.63, 3.8) is 0 Å². The van der Waals surface area contributed by atoms with Gasteiger partial charge in [0.15, 0.2) is 5.96 Å². The number of fused-ring (bicyclic) bond motifs is 1. The maximum Gasteiger partial charge on any atom is 0.326 e. The van der Waals surface area contributed by atoms with Crippen LogP contribution in [-0.4, -0.2) is 159 Å². The highest BCUT2D eigenvalue weighted by Gasteiger charge is 2.36. The second kappa shape index (κ2) is 35.2. The highest BCUT2D eigenvalue weighted by molar-refractivity contribution is 5.98. The predicted octanol–water partition coefficient (Wildman–Crippen LogP) is -2.40. The molecule has 0 saturated heterocycles. The van der Waals surface area contributed by atoms with Gasteiger partial charge >= 0.3 is 11.9 Å². The number of rotatable bonds is 38. The van der Waals surface area contributed by atoms with Crippen LogP contribution in [-0.2, 0) is 65.6 Å². The van der Waals surface area contributed by atoms with Crippen LogP contribution in [0.25, 0.3) is 10.9 Å². The molecule has 3 rings (SSSR count). The third-order valence-electron chi connectivity index (χ3n) is 13.7. The molecular formula is C55H83N15O14. The van der Waals surface area contributed by atoms with Crippen molar-refractivity contribution in [2.24, 2.45) is 45.5 Å². The molecule has 29 nitrogen and oxygen atoms in total. The standard InChI is InChI=1S/C55H83N15O14/c1-5-30(4)46(53(82)68-41(54(83)84)25-31-15-17-33(71)18-16-31)70-51(80)40(19-21-42(58)72)66-49(78)38(14-10-24-61-55(59)60)65-48(77)37(13-8-9-23-56)67-52(81)45(29(2)3)69-50(79)39(20-22-44(74)75)64-43(73)28-63-47(76)35(57)26-32-27-62-36-12-7-6-11-34(32)36/h6-7,11-12,15-18,27,29-30,35,37-41,45-46,62,71H,5,8-10,13-14,19-26,28,56-57H2,1-4H3,(H2,58,72)(H,63,76)(H,64,73)(H,65,77)(H,66,78)(H,67,81)(H,68,82)(H,69,79)(H,70,80)(H,74,75)(H,83,84)(H4,59,60,61)/t30-,35-,37-,38-,39-,40-,41-,45-,46-/m0/s1. The van der Waals surface area contributed by atoms with Gasteiger partial charge in [0.05, 0.1) is 12.6 Å². The first-order valence-corrected chi connectivity index (χ1v) is 27.7. The lowest BCUT2D eigenvalue weighted by Gasteiger charge is -2.29. The summed E-state index contributed by atoms with van der Waals surface area (Å²) in [5.74, 6) is -12.3. The van der Waals surface area contributed by atoms with Gasteiger partial charge in [0.2, 0.25) is 53.2 Å². The van der Waals surface area contributed by atoms with Gasteiger partial charge in [-0.3, -0.25) is 52.9 Å². The Balaban J connectivity index is 1.84. The number of benzene rings is 2. The molecule has 0 saturated carbocycles. The van der Waals surface area contributed by atoms with Crippen LogP contribution in [0.15, 0.2) is 59.7 Å². The first-order chi connectivity index (χ1) is 39.7. The molecule has 84 heavy (non-hydrogen) atoms. The molecule has 0 aliphatic carbocycles. The van der Waals surface area contributed by atoms with Crippen LogP contribution in [0.4, 0.5) is 0 Å². The van der Waals surface area contributed by atoms with Gasteiger partial charge in [-0.2, -0.15) is 0 Å². The lowest BCUT2D eigenvalue weighted by Crippen LogP contribution is -2.61. The van der Waals surface area contributed by atoms with Gasteiger partial charge in [-0.05, 0) is 99.1 Å². The van der Waals surface area contributed by atoms with Crippen molar-refractivity contribution in [1.29, 1.82) is 0 Å². The maximum atomic E-state index is 14.4. The Kier molecular flexibility index (Phi) is 29.1. The number of hydrogen-bond acceptors (Lipinski definition) is 15. The largest absolute Gasteiger partial charge is 0.508 e. The number of aliphatic carboxylic acids is 2. The molecule has 0 radical (unpaired) electrons. The molecule has 0 spiro atoms. The normalized spacial score (nSPS) is 14.3. The fourth-order valence-electron chi connectivity index (χ4n) is 8.68. The number of amides is 9. The van der Waals surface area contributed by atoms with Gasteiger partial charge in [0.1, 0.15) is 48.0 Å². The molecule has 0 fully saturated rings. The minimum Gasteiger partial charge on any atom is -0.508 e. The molecule has 1 aromatic heterocycles.